The quantitative estimate of drug-likeness (QED) is 0.888. The van der Waals surface area contributed by atoms with E-state index in [9.17, 15) is 13.6 Å². The van der Waals surface area contributed by atoms with Crippen molar-refractivity contribution in [1.82, 2.24) is 9.55 Å². The molecule has 94 valence electrons. The zero-order valence-corrected chi connectivity index (χ0v) is 9.44. The van der Waals surface area contributed by atoms with Crippen LogP contribution in [0.3, 0.4) is 0 Å². The summed E-state index contributed by atoms with van der Waals surface area (Å²) < 4.78 is 27.4. The highest BCUT2D eigenvalue weighted by molar-refractivity contribution is 5.73. The number of primary amides is 1. The first-order chi connectivity index (χ1) is 8.56. The monoisotopic (exact) mass is 251 g/mol. The second-order valence-electron chi connectivity index (χ2n) is 3.86. The summed E-state index contributed by atoms with van der Waals surface area (Å²) in [5.41, 5.74) is 5.67. The molecule has 0 atom stereocenters. The maximum Gasteiger partial charge on any atom is 0.237 e. The summed E-state index contributed by atoms with van der Waals surface area (Å²) in [6.45, 7) is 0.0129. The number of hydrogen-bond donors (Lipinski definition) is 1. The molecule has 2 N–H and O–H groups in total. The van der Waals surface area contributed by atoms with Crippen LogP contribution in [0, 0.1) is 11.6 Å². The maximum absolute atomic E-state index is 13.0. The van der Waals surface area contributed by atoms with Gasteiger partial charge in [0.25, 0.3) is 0 Å². The summed E-state index contributed by atoms with van der Waals surface area (Å²) in [4.78, 5) is 14.9. The van der Waals surface area contributed by atoms with E-state index in [1.54, 1.807) is 10.8 Å². The Morgan fingerprint density at radius 1 is 1.33 bits per heavy atom. The first-order valence-electron chi connectivity index (χ1n) is 5.28. The summed E-state index contributed by atoms with van der Waals surface area (Å²) in [6.07, 6.45) is 3.44. The van der Waals surface area contributed by atoms with Gasteiger partial charge in [-0.1, -0.05) is 6.07 Å². The molecule has 2 rings (SSSR count). The smallest absolute Gasteiger partial charge is 0.237 e. The number of carbonyl (C=O) groups excluding carboxylic acids is 1. The molecule has 0 saturated heterocycles. The van der Waals surface area contributed by atoms with Crippen molar-refractivity contribution < 1.29 is 13.6 Å². The van der Waals surface area contributed by atoms with Crippen LogP contribution in [0.25, 0.3) is 0 Å². The van der Waals surface area contributed by atoms with Crippen molar-refractivity contribution in [1.29, 1.82) is 0 Å². The van der Waals surface area contributed by atoms with Crippen LogP contribution >= 0.6 is 0 Å². The Morgan fingerprint density at radius 3 is 2.78 bits per heavy atom. The van der Waals surface area contributed by atoms with Crippen molar-refractivity contribution in [3.8, 4) is 0 Å². The van der Waals surface area contributed by atoms with Gasteiger partial charge in [-0.2, -0.15) is 0 Å². The summed E-state index contributed by atoms with van der Waals surface area (Å²) in [7, 11) is 0. The lowest BCUT2D eigenvalue weighted by atomic mass is 10.1. The van der Waals surface area contributed by atoms with E-state index in [0.29, 0.717) is 17.8 Å². The molecule has 1 amide bonds. The number of benzene rings is 1. The number of imidazole rings is 1. The minimum absolute atomic E-state index is 0.0129. The lowest BCUT2D eigenvalue weighted by Gasteiger charge is -2.06. The molecule has 0 aliphatic carbocycles. The number of halogens is 2. The highest BCUT2D eigenvalue weighted by Gasteiger charge is 2.08. The van der Waals surface area contributed by atoms with Crippen LogP contribution in [0.2, 0.25) is 0 Å². The third-order valence-electron chi connectivity index (χ3n) is 2.47. The third-order valence-corrected chi connectivity index (χ3v) is 2.47. The standard InChI is InChI=1S/C12H11F2N3O/c13-9-2-1-8(5-10(9)14)6-12-16-3-4-17(12)7-11(15)18/h1-5H,6-7H2,(H2,15,18). The van der Waals surface area contributed by atoms with E-state index in [4.69, 9.17) is 5.73 Å². The van der Waals surface area contributed by atoms with Gasteiger partial charge in [-0.3, -0.25) is 4.79 Å². The van der Waals surface area contributed by atoms with Gasteiger partial charge in [0.2, 0.25) is 5.91 Å². The van der Waals surface area contributed by atoms with E-state index in [0.717, 1.165) is 12.1 Å². The van der Waals surface area contributed by atoms with Gasteiger partial charge in [0.15, 0.2) is 11.6 Å². The van der Waals surface area contributed by atoms with Crippen LogP contribution in [0.5, 0.6) is 0 Å². The van der Waals surface area contributed by atoms with E-state index in [2.05, 4.69) is 4.98 Å². The number of aromatic nitrogens is 2. The van der Waals surface area contributed by atoms with E-state index >= 15 is 0 Å². The molecule has 1 heterocycles. The summed E-state index contributed by atoms with van der Waals surface area (Å²) in [6, 6.07) is 3.65. The van der Waals surface area contributed by atoms with Crippen LogP contribution in [-0.4, -0.2) is 15.5 Å². The lowest BCUT2D eigenvalue weighted by Crippen LogP contribution is -2.19. The van der Waals surface area contributed by atoms with Crippen LogP contribution in [0.15, 0.2) is 30.6 Å². The minimum Gasteiger partial charge on any atom is -0.368 e. The van der Waals surface area contributed by atoms with Crippen molar-refractivity contribution in [3.63, 3.8) is 0 Å². The number of carbonyl (C=O) groups is 1. The zero-order chi connectivity index (χ0) is 13.1. The number of hydrogen-bond acceptors (Lipinski definition) is 2. The molecule has 0 aliphatic heterocycles. The fourth-order valence-electron chi connectivity index (χ4n) is 1.65. The molecule has 0 fully saturated rings. The van der Waals surface area contributed by atoms with Gasteiger partial charge in [-0.15, -0.1) is 0 Å². The van der Waals surface area contributed by atoms with Gasteiger partial charge in [-0.25, -0.2) is 13.8 Å². The molecule has 0 spiro atoms. The Bertz CT molecular complexity index is 580. The normalized spacial score (nSPS) is 10.6. The molecule has 4 nitrogen and oxygen atoms in total. The lowest BCUT2D eigenvalue weighted by molar-refractivity contribution is -0.118. The van der Waals surface area contributed by atoms with E-state index in [1.165, 1.54) is 12.3 Å². The predicted molar refractivity (Wildman–Crippen MR) is 60.6 cm³/mol. The molecular formula is C12H11F2N3O. The minimum atomic E-state index is -0.902. The molecule has 1 aromatic carbocycles. The van der Waals surface area contributed by atoms with Gasteiger partial charge < -0.3 is 10.3 Å². The number of rotatable bonds is 4. The Kier molecular flexibility index (Phi) is 3.36. The average molecular weight is 251 g/mol. The molecule has 0 aliphatic rings. The first kappa shape index (κ1) is 12.2. The SMILES string of the molecule is NC(=O)Cn1ccnc1Cc1ccc(F)c(F)c1. The van der Waals surface area contributed by atoms with Crippen LogP contribution < -0.4 is 5.73 Å². The Labute approximate surface area is 102 Å². The van der Waals surface area contributed by atoms with Crippen molar-refractivity contribution in [2.75, 3.05) is 0 Å². The van der Waals surface area contributed by atoms with Gasteiger partial charge in [-0.05, 0) is 17.7 Å². The molecule has 0 bridgehead atoms. The number of amides is 1. The predicted octanol–water partition coefficient (Wildman–Crippen LogP) is 1.24. The summed E-state index contributed by atoms with van der Waals surface area (Å²) in [5.74, 6) is -1.71. The molecule has 0 unspecified atom stereocenters. The fraction of sp³-hybridized carbons (Fsp3) is 0.167. The van der Waals surface area contributed by atoms with Gasteiger partial charge in [0.05, 0.1) is 0 Å². The van der Waals surface area contributed by atoms with Crippen molar-refractivity contribution in [2.45, 2.75) is 13.0 Å². The topological polar surface area (TPSA) is 60.9 Å². The third kappa shape index (κ3) is 2.71. The molecule has 6 heteroatoms. The molecular weight excluding hydrogens is 240 g/mol. The summed E-state index contributed by atoms with van der Waals surface area (Å²) >= 11 is 0. The molecule has 1 aromatic heterocycles. The van der Waals surface area contributed by atoms with E-state index < -0.39 is 17.5 Å². The first-order valence-corrected chi connectivity index (χ1v) is 5.28. The number of nitrogens with zero attached hydrogens (tertiary/aromatic N) is 2. The highest BCUT2D eigenvalue weighted by Crippen LogP contribution is 2.12. The Balaban J connectivity index is 2.20. The van der Waals surface area contributed by atoms with Crippen molar-refractivity contribution in [3.05, 3.63) is 53.6 Å². The fourth-order valence-corrected chi connectivity index (χ4v) is 1.65. The van der Waals surface area contributed by atoms with Gasteiger partial charge in [0.1, 0.15) is 12.4 Å². The largest absolute Gasteiger partial charge is 0.368 e. The molecule has 0 saturated carbocycles. The Morgan fingerprint density at radius 2 is 2.11 bits per heavy atom. The van der Waals surface area contributed by atoms with Crippen molar-refractivity contribution >= 4 is 5.91 Å². The van der Waals surface area contributed by atoms with Crippen LogP contribution in [-0.2, 0) is 17.8 Å². The summed E-state index contributed by atoms with van der Waals surface area (Å²) in [5, 5.41) is 0. The number of nitrogens with two attached hydrogens (primary N) is 1. The molecule has 0 radical (unpaired) electrons. The second-order valence-corrected chi connectivity index (χ2v) is 3.86. The van der Waals surface area contributed by atoms with Crippen LogP contribution in [0.4, 0.5) is 8.78 Å². The van der Waals surface area contributed by atoms with Gasteiger partial charge >= 0.3 is 0 Å². The van der Waals surface area contributed by atoms with E-state index in [-0.39, 0.29) is 6.54 Å². The maximum atomic E-state index is 13.0. The van der Waals surface area contributed by atoms with E-state index in [1.807, 2.05) is 0 Å². The van der Waals surface area contributed by atoms with Crippen molar-refractivity contribution in [2.24, 2.45) is 5.73 Å². The Hall–Kier alpha value is -2.24. The van der Waals surface area contributed by atoms with Gasteiger partial charge in [0, 0.05) is 18.8 Å². The highest BCUT2D eigenvalue weighted by atomic mass is 19.2. The molecule has 18 heavy (non-hydrogen) atoms. The average Bonchev–Trinajstić information content (AvgIpc) is 2.70. The zero-order valence-electron chi connectivity index (χ0n) is 9.44. The second kappa shape index (κ2) is 4.95. The van der Waals surface area contributed by atoms with Crippen LogP contribution in [0.1, 0.15) is 11.4 Å². The molecule has 2 aromatic rings.